The Kier molecular flexibility index (Phi) is 7.45. The second-order valence-corrected chi connectivity index (χ2v) is 5.06. The molecule has 1 heterocycles. The van der Waals surface area contributed by atoms with Crippen LogP contribution in [-0.2, 0) is 9.53 Å². The van der Waals surface area contributed by atoms with Crippen molar-refractivity contribution in [1.29, 1.82) is 0 Å². The highest BCUT2D eigenvalue weighted by molar-refractivity contribution is 5.79. The van der Waals surface area contributed by atoms with Gasteiger partial charge in [0.25, 0.3) is 0 Å². The number of aliphatic hydroxyl groups excluding tert-OH is 1. The molecule has 0 bridgehead atoms. The third kappa shape index (κ3) is 6.18. The SMILES string of the molecule is CCCCCC[C@H]1CCC[C@H](CC(=O)CO)O1. The van der Waals surface area contributed by atoms with Gasteiger partial charge in [0.2, 0.25) is 0 Å². The fourth-order valence-electron chi connectivity index (χ4n) is 2.46. The Bertz CT molecular complexity index is 216. The standard InChI is InChI=1S/C14H26O3/c1-2-3-4-5-7-13-8-6-9-14(17-13)10-12(16)11-15/h13-15H,2-11H2,1H3/t13-,14+/m0/s1. The molecule has 1 aliphatic heterocycles. The average molecular weight is 242 g/mol. The smallest absolute Gasteiger partial charge is 0.160 e. The normalized spacial score (nSPS) is 24.8. The van der Waals surface area contributed by atoms with Gasteiger partial charge in [0.1, 0.15) is 6.61 Å². The summed E-state index contributed by atoms with van der Waals surface area (Å²) in [4.78, 5) is 11.2. The molecule has 17 heavy (non-hydrogen) atoms. The Morgan fingerprint density at radius 2 is 2.00 bits per heavy atom. The molecule has 0 radical (unpaired) electrons. The summed E-state index contributed by atoms with van der Waals surface area (Å²) in [6.07, 6.45) is 10.3. The Hall–Kier alpha value is -0.410. The second-order valence-electron chi connectivity index (χ2n) is 5.06. The molecule has 2 atom stereocenters. The highest BCUT2D eigenvalue weighted by atomic mass is 16.5. The van der Waals surface area contributed by atoms with Crippen LogP contribution >= 0.6 is 0 Å². The minimum atomic E-state index is -0.346. The van der Waals surface area contributed by atoms with Crippen molar-refractivity contribution < 1.29 is 14.6 Å². The fourth-order valence-corrected chi connectivity index (χ4v) is 2.46. The molecule has 1 N–H and O–H groups in total. The lowest BCUT2D eigenvalue weighted by atomic mass is 9.97. The van der Waals surface area contributed by atoms with E-state index in [4.69, 9.17) is 9.84 Å². The molecule has 1 rings (SSSR count). The number of carbonyl (C=O) groups is 1. The molecule has 0 unspecified atom stereocenters. The molecule has 3 nitrogen and oxygen atoms in total. The molecule has 0 saturated carbocycles. The number of carbonyl (C=O) groups excluding carboxylic acids is 1. The quantitative estimate of drug-likeness (QED) is 0.666. The molecule has 0 spiro atoms. The van der Waals surface area contributed by atoms with Crippen molar-refractivity contribution in [2.75, 3.05) is 6.61 Å². The van der Waals surface area contributed by atoms with E-state index in [0.717, 1.165) is 25.7 Å². The van der Waals surface area contributed by atoms with E-state index in [1.54, 1.807) is 0 Å². The summed E-state index contributed by atoms with van der Waals surface area (Å²) in [5.74, 6) is -0.0957. The van der Waals surface area contributed by atoms with E-state index in [-0.39, 0.29) is 18.5 Å². The molecule has 0 amide bonds. The Balaban J connectivity index is 2.17. The molecule has 3 heteroatoms. The molecule has 1 aliphatic rings. The lowest BCUT2D eigenvalue weighted by Gasteiger charge is -2.29. The number of ether oxygens (including phenoxy) is 1. The zero-order valence-corrected chi connectivity index (χ0v) is 11.0. The summed E-state index contributed by atoms with van der Waals surface area (Å²) in [6, 6.07) is 0. The van der Waals surface area contributed by atoms with Crippen LogP contribution in [-0.4, -0.2) is 29.7 Å². The monoisotopic (exact) mass is 242 g/mol. The molecule has 1 fully saturated rings. The highest BCUT2D eigenvalue weighted by Gasteiger charge is 2.23. The lowest BCUT2D eigenvalue weighted by molar-refractivity contribution is -0.128. The number of hydrogen-bond donors (Lipinski definition) is 1. The maximum Gasteiger partial charge on any atom is 0.160 e. The van der Waals surface area contributed by atoms with Crippen LogP contribution in [0.3, 0.4) is 0 Å². The maximum absolute atomic E-state index is 11.2. The van der Waals surface area contributed by atoms with E-state index in [1.807, 2.05) is 0 Å². The zero-order valence-electron chi connectivity index (χ0n) is 11.0. The van der Waals surface area contributed by atoms with E-state index in [9.17, 15) is 4.79 Å². The van der Waals surface area contributed by atoms with E-state index in [0.29, 0.717) is 12.5 Å². The Labute approximate surface area is 105 Å². The van der Waals surface area contributed by atoms with Crippen molar-refractivity contribution in [3.05, 3.63) is 0 Å². The van der Waals surface area contributed by atoms with E-state index >= 15 is 0 Å². The predicted molar refractivity (Wildman–Crippen MR) is 68.0 cm³/mol. The van der Waals surface area contributed by atoms with Gasteiger partial charge < -0.3 is 9.84 Å². The van der Waals surface area contributed by atoms with Gasteiger partial charge >= 0.3 is 0 Å². The maximum atomic E-state index is 11.2. The number of Topliss-reactive ketones (excluding diaryl/α,β-unsaturated/α-hetero) is 1. The number of aliphatic hydroxyl groups is 1. The molecule has 1 saturated heterocycles. The van der Waals surface area contributed by atoms with E-state index in [1.165, 1.54) is 25.7 Å². The lowest BCUT2D eigenvalue weighted by Crippen LogP contribution is -2.30. The highest BCUT2D eigenvalue weighted by Crippen LogP contribution is 2.24. The van der Waals surface area contributed by atoms with Crippen LogP contribution in [0.15, 0.2) is 0 Å². The number of rotatable bonds is 8. The van der Waals surface area contributed by atoms with Crippen molar-refractivity contribution >= 4 is 5.78 Å². The van der Waals surface area contributed by atoms with E-state index < -0.39 is 0 Å². The summed E-state index contributed by atoms with van der Waals surface area (Å²) in [6.45, 7) is 1.87. The molecular formula is C14H26O3. The van der Waals surface area contributed by atoms with Crippen LogP contribution in [0.4, 0.5) is 0 Å². The van der Waals surface area contributed by atoms with Crippen molar-refractivity contribution in [2.45, 2.75) is 76.9 Å². The fraction of sp³-hybridized carbons (Fsp3) is 0.929. The van der Waals surface area contributed by atoms with Crippen LogP contribution in [0.2, 0.25) is 0 Å². The van der Waals surface area contributed by atoms with Gasteiger partial charge in [0.15, 0.2) is 5.78 Å². The van der Waals surface area contributed by atoms with Crippen LogP contribution in [0.25, 0.3) is 0 Å². The summed E-state index contributed by atoms with van der Waals surface area (Å²) in [5.41, 5.74) is 0. The first-order valence-electron chi connectivity index (χ1n) is 7.04. The van der Waals surface area contributed by atoms with Crippen molar-refractivity contribution in [1.82, 2.24) is 0 Å². The molecular weight excluding hydrogens is 216 g/mol. The average Bonchev–Trinajstić information content (AvgIpc) is 2.35. The first-order chi connectivity index (χ1) is 8.26. The van der Waals surface area contributed by atoms with Gasteiger partial charge in [-0.3, -0.25) is 4.79 Å². The second kappa shape index (κ2) is 8.65. The molecule has 0 aliphatic carbocycles. The van der Waals surface area contributed by atoms with Crippen LogP contribution < -0.4 is 0 Å². The van der Waals surface area contributed by atoms with Crippen molar-refractivity contribution in [3.8, 4) is 0 Å². The van der Waals surface area contributed by atoms with E-state index in [2.05, 4.69) is 6.92 Å². The third-order valence-corrected chi connectivity index (χ3v) is 3.45. The van der Waals surface area contributed by atoms with Gasteiger partial charge in [-0.25, -0.2) is 0 Å². The summed E-state index contributed by atoms with van der Waals surface area (Å²) in [5, 5.41) is 8.73. The molecule has 0 aromatic rings. The van der Waals surface area contributed by atoms with Gasteiger partial charge in [-0.05, 0) is 25.7 Å². The zero-order chi connectivity index (χ0) is 12.5. The number of ketones is 1. The number of hydrogen-bond acceptors (Lipinski definition) is 3. The minimum absolute atomic E-state index is 0.0552. The van der Waals surface area contributed by atoms with Crippen molar-refractivity contribution in [3.63, 3.8) is 0 Å². The van der Waals surface area contributed by atoms with Gasteiger partial charge in [-0.15, -0.1) is 0 Å². The minimum Gasteiger partial charge on any atom is -0.389 e. The molecule has 100 valence electrons. The Morgan fingerprint density at radius 1 is 1.24 bits per heavy atom. The Morgan fingerprint density at radius 3 is 2.71 bits per heavy atom. The first kappa shape index (κ1) is 14.7. The number of unbranched alkanes of at least 4 members (excludes halogenated alkanes) is 3. The van der Waals surface area contributed by atoms with Crippen molar-refractivity contribution in [2.24, 2.45) is 0 Å². The topological polar surface area (TPSA) is 46.5 Å². The van der Waals surface area contributed by atoms with Crippen LogP contribution in [0.1, 0.15) is 64.7 Å². The van der Waals surface area contributed by atoms with Gasteiger partial charge in [-0.2, -0.15) is 0 Å². The molecule has 0 aromatic carbocycles. The van der Waals surface area contributed by atoms with Gasteiger partial charge in [0.05, 0.1) is 12.2 Å². The van der Waals surface area contributed by atoms with Gasteiger partial charge in [0, 0.05) is 6.42 Å². The summed E-state index contributed by atoms with van der Waals surface area (Å²) < 4.78 is 5.91. The van der Waals surface area contributed by atoms with Crippen LogP contribution in [0.5, 0.6) is 0 Å². The largest absolute Gasteiger partial charge is 0.389 e. The van der Waals surface area contributed by atoms with Gasteiger partial charge in [-0.1, -0.05) is 32.6 Å². The third-order valence-electron chi connectivity index (χ3n) is 3.45. The summed E-state index contributed by atoms with van der Waals surface area (Å²) >= 11 is 0. The van der Waals surface area contributed by atoms with Crippen LogP contribution in [0, 0.1) is 0 Å². The molecule has 0 aromatic heterocycles. The first-order valence-corrected chi connectivity index (χ1v) is 7.04. The summed E-state index contributed by atoms with van der Waals surface area (Å²) in [7, 11) is 0. The predicted octanol–water partition coefficient (Wildman–Crippen LogP) is 2.85.